The van der Waals surface area contributed by atoms with Crippen LogP contribution >= 0.6 is 0 Å². The summed E-state index contributed by atoms with van der Waals surface area (Å²) in [5.74, 6) is -0.345. The van der Waals surface area contributed by atoms with Gasteiger partial charge in [0.2, 0.25) is 5.91 Å². The van der Waals surface area contributed by atoms with Crippen molar-refractivity contribution in [3.8, 4) is 0 Å². The number of carbonyl (C=O) groups is 2. The second-order valence-corrected chi connectivity index (χ2v) is 7.28. The lowest BCUT2D eigenvalue weighted by Gasteiger charge is -2.27. The van der Waals surface area contributed by atoms with Crippen molar-refractivity contribution in [1.82, 2.24) is 19.6 Å². The van der Waals surface area contributed by atoms with Gasteiger partial charge in [-0.1, -0.05) is 19.1 Å². The van der Waals surface area contributed by atoms with E-state index in [0.29, 0.717) is 28.5 Å². The zero-order chi connectivity index (χ0) is 20.4. The quantitative estimate of drug-likeness (QED) is 0.823. The average Bonchev–Trinajstić information content (AvgIpc) is 2.85. The number of amides is 2. The monoisotopic (exact) mass is 384 g/mol. The van der Waals surface area contributed by atoms with E-state index < -0.39 is 0 Å². The van der Waals surface area contributed by atoms with E-state index >= 15 is 0 Å². The van der Waals surface area contributed by atoms with Crippen molar-refractivity contribution in [3.05, 3.63) is 35.7 Å². The van der Waals surface area contributed by atoms with Gasteiger partial charge in [-0.05, 0) is 39.7 Å². The van der Waals surface area contributed by atoms with Gasteiger partial charge in [0.25, 0.3) is 5.91 Å². The lowest BCUT2D eigenvalue weighted by atomic mass is 10.2. The number of nitrogens with zero attached hydrogens (tertiary/aromatic N) is 5. The van der Waals surface area contributed by atoms with Gasteiger partial charge >= 0.3 is 0 Å². The first-order chi connectivity index (χ1) is 13.3. The van der Waals surface area contributed by atoms with Gasteiger partial charge in [0.1, 0.15) is 5.69 Å². The molecular weight excluding hydrogens is 356 g/mol. The molecule has 0 bridgehead atoms. The highest BCUT2D eigenvalue weighted by Gasteiger charge is 2.34. The average molecular weight is 384 g/mol. The topological polar surface area (TPSA) is 73.7 Å². The van der Waals surface area contributed by atoms with Gasteiger partial charge < -0.3 is 10.2 Å². The molecule has 0 atom stereocenters. The number of aromatic nitrogens is 2. The number of hydrogen-bond donors (Lipinski definition) is 1. The molecule has 0 aliphatic carbocycles. The van der Waals surface area contributed by atoms with Crippen LogP contribution in [0.5, 0.6) is 0 Å². The predicted molar refractivity (Wildman–Crippen MR) is 110 cm³/mol. The Morgan fingerprint density at radius 2 is 1.93 bits per heavy atom. The van der Waals surface area contributed by atoms with Crippen molar-refractivity contribution in [1.29, 1.82) is 0 Å². The third-order valence-corrected chi connectivity index (χ3v) is 4.94. The van der Waals surface area contributed by atoms with Crippen molar-refractivity contribution in [2.75, 3.05) is 50.5 Å². The first-order valence-electron chi connectivity index (χ1n) is 9.47. The van der Waals surface area contributed by atoms with E-state index in [1.807, 2.05) is 52.2 Å². The lowest BCUT2D eigenvalue weighted by Crippen LogP contribution is -2.41. The van der Waals surface area contributed by atoms with Crippen molar-refractivity contribution in [3.63, 3.8) is 0 Å². The Balaban J connectivity index is 2.02. The Hall–Kier alpha value is -2.71. The second-order valence-electron chi connectivity index (χ2n) is 7.28. The number of hydrogen-bond acceptors (Lipinski definition) is 5. The van der Waals surface area contributed by atoms with E-state index in [1.165, 1.54) is 4.68 Å². The van der Waals surface area contributed by atoms with Crippen LogP contribution in [0.3, 0.4) is 0 Å². The van der Waals surface area contributed by atoms with Crippen LogP contribution in [-0.4, -0.2) is 71.7 Å². The number of anilines is 3. The van der Waals surface area contributed by atoms with Gasteiger partial charge in [-0.25, -0.2) is 0 Å². The molecule has 0 spiro atoms. The van der Waals surface area contributed by atoms with Gasteiger partial charge in [0, 0.05) is 20.1 Å². The fourth-order valence-corrected chi connectivity index (χ4v) is 3.46. The number of fused-ring (bicyclic) bond motifs is 2. The molecule has 8 heteroatoms. The van der Waals surface area contributed by atoms with Gasteiger partial charge in [-0.2, -0.15) is 5.10 Å². The number of carbonyl (C=O) groups excluding carboxylic acids is 2. The highest BCUT2D eigenvalue weighted by molar-refractivity contribution is 6.17. The highest BCUT2D eigenvalue weighted by atomic mass is 16.2. The normalized spacial score (nSPS) is 13.4. The van der Waals surface area contributed by atoms with E-state index in [2.05, 4.69) is 20.2 Å². The largest absolute Gasteiger partial charge is 0.319 e. The SMILES string of the molecule is CCN(CCN(C)C)CC(=O)N1c2ccccc2NC(=O)c2c1c(C)nn2C. The molecule has 1 aromatic heterocycles. The van der Waals surface area contributed by atoms with Crippen LogP contribution in [-0.2, 0) is 11.8 Å². The number of likely N-dealkylation sites (N-methyl/N-ethyl adjacent to an activating group) is 2. The molecule has 3 rings (SSSR count). The second kappa shape index (κ2) is 8.12. The van der Waals surface area contributed by atoms with Crippen LogP contribution in [0.4, 0.5) is 17.1 Å². The molecule has 150 valence electrons. The summed E-state index contributed by atoms with van der Waals surface area (Å²) in [7, 11) is 5.76. The molecule has 2 amide bonds. The standard InChI is InChI=1S/C20H28N6O2/c1-6-25(12-11-23(3)4)13-17(27)26-16-10-8-7-9-15(16)21-20(28)19-18(26)14(2)22-24(19)5/h7-10H,6,11-13H2,1-5H3,(H,21,28). The summed E-state index contributed by atoms with van der Waals surface area (Å²) in [6.07, 6.45) is 0. The molecular formula is C20H28N6O2. The first kappa shape index (κ1) is 20.0. The van der Waals surface area contributed by atoms with Gasteiger partial charge in [-0.3, -0.25) is 24.1 Å². The van der Waals surface area contributed by atoms with Gasteiger partial charge in [0.15, 0.2) is 5.69 Å². The number of nitrogens with one attached hydrogen (secondary N) is 1. The summed E-state index contributed by atoms with van der Waals surface area (Å²) in [5, 5.41) is 7.30. The number of rotatable bonds is 6. The molecule has 8 nitrogen and oxygen atoms in total. The minimum Gasteiger partial charge on any atom is -0.319 e. The smallest absolute Gasteiger partial charge is 0.276 e. The maximum atomic E-state index is 13.5. The zero-order valence-corrected chi connectivity index (χ0v) is 17.2. The van der Waals surface area contributed by atoms with Gasteiger partial charge in [-0.15, -0.1) is 0 Å². The van der Waals surface area contributed by atoms with Crippen molar-refractivity contribution in [2.45, 2.75) is 13.8 Å². The van der Waals surface area contributed by atoms with E-state index in [1.54, 1.807) is 11.9 Å². The van der Waals surface area contributed by atoms with Crippen molar-refractivity contribution in [2.24, 2.45) is 7.05 Å². The highest BCUT2D eigenvalue weighted by Crippen LogP contribution is 2.39. The first-order valence-corrected chi connectivity index (χ1v) is 9.47. The minimum absolute atomic E-state index is 0.0816. The third kappa shape index (κ3) is 3.79. The molecule has 0 fully saturated rings. The van der Waals surface area contributed by atoms with Crippen LogP contribution in [0, 0.1) is 6.92 Å². The summed E-state index contributed by atoms with van der Waals surface area (Å²) >= 11 is 0. The summed E-state index contributed by atoms with van der Waals surface area (Å²) in [4.78, 5) is 32.1. The maximum Gasteiger partial charge on any atom is 0.276 e. The summed E-state index contributed by atoms with van der Waals surface area (Å²) in [5.41, 5.74) is 2.87. The van der Waals surface area contributed by atoms with Crippen molar-refractivity contribution < 1.29 is 9.59 Å². The molecule has 28 heavy (non-hydrogen) atoms. The molecule has 0 unspecified atom stereocenters. The van der Waals surface area contributed by atoms with Crippen LogP contribution in [0.2, 0.25) is 0 Å². The van der Waals surface area contributed by atoms with Crippen molar-refractivity contribution >= 4 is 28.9 Å². The predicted octanol–water partition coefficient (Wildman–Crippen LogP) is 1.84. The van der Waals surface area contributed by atoms with E-state index in [4.69, 9.17) is 0 Å². The molecule has 2 heterocycles. The Kier molecular flexibility index (Phi) is 5.81. The van der Waals surface area contributed by atoms with Crippen LogP contribution < -0.4 is 10.2 Å². The summed E-state index contributed by atoms with van der Waals surface area (Å²) < 4.78 is 1.54. The molecule has 1 aromatic carbocycles. The molecule has 1 aliphatic heterocycles. The Morgan fingerprint density at radius 1 is 1.21 bits per heavy atom. The molecule has 1 N–H and O–H groups in total. The fraction of sp³-hybridized carbons (Fsp3) is 0.450. The summed E-state index contributed by atoms with van der Waals surface area (Å²) in [6.45, 7) is 6.57. The van der Waals surface area contributed by atoms with Crippen LogP contribution in [0.25, 0.3) is 0 Å². The van der Waals surface area contributed by atoms with E-state index in [-0.39, 0.29) is 18.4 Å². The molecule has 2 aromatic rings. The molecule has 0 saturated carbocycles. The third-order valence-electron chi connectivity index (χ3n) is 4.94. The Bertz CT molecular complexity index is 889. The minimum atomic E-state index is -0.263. The maximum absolute atomic E-state index is 13.5. The van der Waals surface area contributed by atoms with E-state index in [0.717, 1.165) is 19.6 Å². The van der Waals surface area contributed by atoms with Crippen LogP contribution in [0.15, 0.2) is 24.3 Å². The Labute approximate surface area is 165 Å². The zero-order valence-electron chi connectivity index (χ0n) is 17.2. The number of benzene rings is 1. The lowest BCUT2D eigenvalue weighted by molar-refractivity contribution is -0.119. The number of para-hydroxylation sites is 2. The number of aryl methyl sites for hydroxylation is 2. The fourth-order valence-electron chi connectivity index (χ4n) is 3.46. The summed E-state index contributed by atoms with van der Waals surface area (Å²) in [6, 6.07) is 7.38. The van der Waals surface area contributed by atoms with E-state index in [9.17, 15) is 9.59 Å². The molecule has 1 aliphatic rings. The molecule has 0 radical (unpaired) electrons. The van der Waals surface area contributed by atoms with Gasteiger partial charge in [0.05, 0.1) is 23.6 Å². The van der Waals surface area contributed by atoms with Crippen LogP contribution in [0.1, 0.15) is 23.1 Å². The Morgan fingerprint density at radius 3 is 2.61 bits per heavy atom. The molecule has 0 saturated heterocycles.